The van der Waals surface area contributed by atoms with E-state index in [1.165, 1.54) is 32.1 Å². The number of hydrogen-bond donors (Lipinski definition) is 0. The lowest BCUT2D eigenvalue weighted by molar-refractivity contribution is 0.428. The van der Waals surface area contributed by atoms with E-state index in [4.69, 9.17) is 16.6 Å². The molecule has 0 radical (unpaired) electrons. The standard InChI is InChI=1S/C17H19ClN2/c1-12-15(13-8-4-2-5-9-13)19-17(20-16(12)18)14-10-6-3-7-11-14/h2,4-5,8-9,14H,3,6-7,10-11H2,1H3. The molecule has 1 aliphatic carbocycles. The predicted molar refractivity (Wildman–Crippen MR) is 83.0 cm³/mol. The second-order valence-corrected chi connectivity index (χ2v) is 5.91. The first-order valence-electron chi connectivity index (χ1n) is 7.35. The number of rotatable bonds is 2. The smallest absolute Gasteiger partial charge is 0.136 e. The van der Waals surface area contributed by atoms with E-state index in [0.29, 0.717) is 11.1 Å². The minimum absolute atomic E-state index is 0.476. The molecule has 3 heteroatoms. The van der Waals surface area contributed by atoms with Crippen LogP contribution >= 0.6 is 11.6 Å². The van der Waals surface area contributed by atoms with Crippen molar-refractivity contribution in [2.24, 2.45) is 0 Å². The van der Waals surface area contributed by atoms with Crippen molar-refractivity contribution in [2.45, 2.75) is 44.9 Å². The fraction of sp³-hybridized carbons (Fsp3) is 0.412. The van der Waals surface area contributed by atoms with Gasteiger partial charge in [-0.05, 0) is 19.8 Å². The van der Waals surface area contributed by atoms with Crippen LogP contribution in [0, 0.1) is 6.92 Å². The zero-order chi connectivity index (χ0) is 13.9. The molecule has 0 N–H and O–H groups in total. The van der Waals surface area contributed by atoms with Crippen molar-refractivity contribution >= 4 is 11.6 Å². The average molecular weight is 287 g/mol. The molecule has 1 heterocycles. The van der Waals surface area contributed by atoms with Gasteiger partial charge in [-0.25, -0.2) is 9.97 Å². The van der Waals surface area contributed by atoms with E-state index < -0.39 is 0 Å². The maximum absolute atomic E-state index is 6.34. The Morgan fingerprint density at radius 1 is 1.00 bits per heavy atom. The van der Waals surface area contributed by atoms with Crippen molar-refractivity contribution in [3.63, 3.8) is 0 Å². The molecule has 2 nitrogen and oxygen atoms in total. The number of nitrogens with zero attached hydrogens (tertiary/aromatic N) is 2. The van der Waals surface area contributed by atoms with Crippen molar-refractivity contribution in [1.29, 1.82) is 0 Å². The molecule has 0 atom stereocenters. The summed E-state index contributed by atoms with van der Waals surface area (Å²) in [6.45, 7) is 2.00. The summed E-state index contributed by atoms with van der Waals surface area (Å²) < 4.78 is 0. The maximum Gasteiger partial charge on any atom is 0.136 e. The van der Waals surface area contributed by atoms with Gasteiger partial charge in [0.25, 0.3) is 0 Å². The van der Waals surface area contributed by atoms with Gasteiger partial charge in [-0.3, -0.25) is 0 Å². The van der Waals surface area contributed by atoms with Crippen LogP contribution in [0.25, 0.3) is 11.3 Å². The Morgan fingerprint density at radius 3 is 2.40 bits per heavy atom. The second kappa shape index (κ2) is 5.92. The van der Waals surface area contributed by atoms with Crippen LogP contribution < -0.4 is 0 Å². The summed E-state index contributed by atoms with van der Waals surface area (Å²) in [5.41, 5.74) is 3.06. The predicted octanol–water partition coefficient (Wildman–Crippen LogP) is 5.15. The molecular weight excluding hydrogens is 268 g/mol. The Morgan fingerprint density at radius 2 is 1.70 bits per heavy atom. The molecule has 3 rings (SSSR count). The first-order chi connectivity index (χ1) is 9.75. The lowest BCUT2D eigenvalue weighted by Gasteiger charge is -2.21. The van der Waals surface area contributed by atoms with Gasteiger partial charge in [0.1, 0.15) is 11.0 Å². The summed E-state index contributed by atoms with van der Waals surface area (Å²) in [6.07, 6.45) is 6.27. The monoisotopic (exact) mass is 286 g/mol. The quantitative estimate of drug-likeness (QED) is 0.713. The lowest BCUT2D eigenvalue weighted by atomic mass is 9.88. The molecule has 0 bridgehead atoms. The van der Waals surface area contributed by atoms with Crippen LogP contribution in [0.1, 0.15) is 49.4 Å². The van der Waals surface area contributed by atoms with Gasteiger partial charge < -0.3 is 0 Å². The van der Waals surface area contributed by atoms with E-state index in [9.17, 15) is 0 Å². The van der Waals surface area contributed by atoms with Crippen LogP contribution in [0.4, 0.5) is 0 Å². The Labute approximate surface area is 125 Å². The highest BCUT2D eigenvalue weighted by molar-refractivity contribution is 6.30. The lowest BCUT2D eigenvalue weighted by Crippen LogP contribution is -2.10. The molecule has 1 saturated carbocycles. The first-order valence-corrected chi connectivity index (χ1v) is 7.73. The van der Waals surface area contributed by atoms with Gasteiger partial charge in [-0.15, -0.1) is 0 Å². The van der Waals surface area contributed by atoms with E-state index in [1.54, 1.807) is 0 Å². The van der Waals surface area contributed by atoms with E-state index in [0.717, 1.165) is 22.6 Å². The zero-order valence-electron chi connectivity index (χ0n) is 11.8. The van der Waals surface area contributed by atoms with Crippen molar-refractivity contribution in [3.8, 4) is 11.3 Å². The van der Waals surface area contributed by atoms with Gasteiger partial charge in [0.15, 0.2) is 0 Å². The third-order valence-electron chi connectivity index (χ3n) is 4.12. The van der Waals surface area contributed by atoms with E-state index in [-0.39, 0.29) is 0 Å². The van der Waals surface area contributed by atoms with Gasteiger partial charge >= 0.3 is 0 Å². The molecule has 1 aromatic carbocycles. The molecule has 2 aromatic rings. The number of benzene rings is 1. The molecule has 1 aliphatic rings. The van der Waals surface area contributed by atoms with E-state index in [2.05, 4.69) is 17.1 Å². The van der Waals surface area contributed by atoms with Crippen molar-refractivity contribution in [1.82, 2.24) is 9.97 Å². The molecule has 0 aliphatic heterocycles. The summed E-state index contributed by atoms with van der Waals surface area (Å²) in [5, 5.41) is 0.597. The van der Waals surface area contributed by atoms with Crippen LogP contribution in [0.5, 0.6) is 0 Å². The average Bonchev–Trinajstić information content (AvgIpc) is 2.51. The molecule has 1 fully saturated rings. The van der Waals surface area contributed by atoms with Crippen molar-refractivity contribution < 1.29 is 0 Å². The minimum atomic E-state index is 0.476. The number of aromatic nitrogens is 2. The Balaban J connectivity index is 2.03. The fourth-order valence-corrected chi connectivity index (χ4v) is 3.10. The first kappa shape index (κ1) is 13.6. The number of hydrogen-bond acceptors (Lipinski definition) is 2. The Kier molecular flexibility index (Phi) is 4.02. The fourth-order valence-electron chi connectivity index (χ4n) is 2.93. The molecular formula is C17H19ClN2. The highest BCUT2D eigenvalue weighted by Crippen LogP contribution is 2.34. The Hall–Kier alpha value is -1.41. The van der Waals surface area contributed by atoms with Crippen LogP contribution in [0.2, 0.25) is 5.15 Å². The normalized spacial score (nSPS) is 16.3. The van der Waals surface area contributed by atoms with Gasteiger partial charge in [-0.2, -0.15) is 0 Å². The topological polar surface area (TPSA) is 25.8 Å². The van der Waals surface area contributed by atoms with Crippen LogP contribution in [-0.2, 0) is 0 Å². The molecule has 0 unspecified atom stereocenters. The molecule has 0 amide bonds. The van der Waals surface area contributed by atoms with Crippen molar-refractivity contribution in [2.75, 3.05) is 0 Å². The molecule has 104 valence electrons. The Bertz CT molecular complexity index is 589. The zero-order valence-corrected chi connectivity index (χ0v) is 12.5. The summed E-state index contributed by atoms with van der Waals surface area (Å²) in [4.78, 5) is 9.37. The van der Waals surface area contributed by atoms with Gasteiger partial charge in [0.2, 0.25) is 0 Å². The summed E-state index contributed by atoms with van der Waals surface area (Å²) in [6, 6.07) is 10.2. The number of halogens is 1. The van der Waals surface area contributed by atoms with Crippen LogP contribution in [0.15, 0.2) is 30.3 Å². The second-order valence-electron chi connectivity index (χ2n) is 5.55. The molecule has 0 spiro atoms. The molecule has 20 heavy (non-hydrogen) atoms. The molecule has 1 aromatic heterocycles. The SMILES string of the molecule is Cc1c(Cl)nc(C2CCCCC2)nc1-c1ccccc1. The van der Waals surface area contributed by atoms with E-state index in [1.807, 2.05) is 25.1 Å². The van der Waals surface area contributed by atoms with Crippen LogP contribution in [0.3, 0.4) is 0 Å². The van der Waals surface area contributed by atoms with Gasteiger partial charge in [-0.1, -0.05) is 61.2 Å². The minimum Gasteiger partial charge on any atom is -0.232 e. The maximum atomic E-state index is 6.34. The highest BCUT2D eigenvalue weighted by atomic mass is 35.5. The molecule has 0 saturated heterocycles. The van der Waals surface area contributed by atoms with E-state index >= 15 is 0 Å². The third kappa shape index (κ3) is 2.71. The highest BCUT2D eigenvalue weighted by Gasteiger charge is 2.21. The summed E-state index contributed by atoms with van der Waals surface area (Å²) in [7, 11) is 0. The van der Waals surface area contributed by atoms with Gasteiger partial charge in [0.05, 0.1) is 5.69 Å². The summed E-state index contributed by atoms with van der Waals surface area (Å²) in [5.74, 6) is 1.41. The third-order valence-corrected chi connectivity index (χ3v) is 4.49. The van der Waals surface area contributed by atoms with Crippen LogP contribution in [-0.4, -0.2) is 9.97 Å². The van der Waals surface area contributed by atoms with Gasteiger partial charge in [0, 0.05) is 17.0 Å². The van der Waals surface area contributed by atoms with Crippen molar-refractivity contribution in [3.05, 3.63) is 46.9 Å². The summed E-state index contributed by atoms with van der Waals surface area (Å²) >= 11 is 6.34. The largest absolute Gasteiger partial charge is 0.232 e.